The van der Waals surface area contributed by atoms with E-state index in [0.29, 0.717) is 0 Å². The Hall–Kier alpha value is -7.56. The Morgan fingerprint density at radius 3 is 1.49 bits per heavy atom. The zero-order valence-corrected chi connectivity index (χ0v) is 45.4. The molecule has 0 radical (unpaired) electrons. The molecule has 16 rings (SSSR count). The van der Waals surface area contributed by atoms with Crippen LogP contribution in [0.4, 0.5) is 0 Å². The lowest BCUT2D eigenvalue weighted by Gasteiger charge is -2.45. The van der Waals surface area contributed by atoms with Gasteiger partial charge in [0.2, 0.25) is 0 Å². The molecule has 0 unspecified atom stereocenters. The molecule has 4 aliphatic rings. The average molecular weight is 968 g/mol. The number of aromatic nitrogens is 3. The van der Waals surface area contributed by atoms with Crippen LogP contribution in [0.2, 0.25) is 0 Å². The second kappa shape index (κ2) is 13.6. The summed E-state index contributed by atoms with van der Waals surface area (Å²) in [4.78, 5) is 0. The third kappa shape index (κ3) is 5.24. The van der Waals surface area contributed by atoms with E-state index >= 15 is 0 Å². The number of nitrogens with zero attached hydrogens (tertiary/aromatic N) is 3. The summed E-state index contributed by atoms with van der Waals surface area (Å²) in [6.07, 6.45) is 0. The Labute approximate surface area is 440 Å². The highest BCUT2D eigenvalue weighted by Gasteiger charge is 2.55. The SMILES string of the molecule is CC(C)(C)c1ccc2c(c1)C1(c3cc(C(C)(C)C)ccc3-2)c2ccc3c4c2-n2c5c(cc(C(C)(C)C)cc5c5cc(C(C)(C)C)cc1c52)B4c1cc2c(c4ccccc4n2-c2ccccc2)c2c4ccccc4n-3c12. The molecule has 3 aliphatic heterocycles. The van der Waals surface area contributed by atoms with Crippen molar-refractivity contribution in [1.29, 1.82) is 0 Å². The summed E-state index contributed by atoms with van der Waals surface area (Å²) in [5.41, 5.74) is 28.7. The van der Waals surface area contributed by atoms with Gasteiger partial charge in [-0.15, -0.1) is 0 Å². The summed E-state index contributed by atoms with van der Waals surface area (Å²) in [5, 5.41) is 7.99. The van der Waals surface area contributed by atoms with E-state index in [4.69, 9.17) is 0 Å². The van der Waals surface area contributed by atoms with E-state index in [1.54, 1.807) is 0 Å². The van der Waals surface area contributed by atoms with E-state index in [1.165, 1.54) is 155 Å². The lowest BCUT2D eigenvalue weighted by atomic mass is 9.33. The first kappa shape index (κ1) is 43.8. The summed E-state index contributed by atoms with van der Waals surface area (Å²) >= 11 is 0. The molecule has 0 amide bonds. The van der Waals surface area contributed by atoms with Gasteiger partial charge in [-0.25, -0.2) is 0 Å². The van der Waals surface area contributed by atoms with Crippen molar-refractivity contribution in [2.24, 2.45) is 0 Å². The Bertz CT molecular complexity index is 4550. The van der Waals surface area contributed by atoms with Crippen molar-refractivity contribution in [3.05, 3.63) is 202 Å². The largest absolute Gasteiger partial charge is 0.310 e. The summed E-state index contributed by atoms with van der Waals surface area (Å²) in [6.45, 7) is 28.7. The molecule has 75 heavy (non-hydrogen) atoms. The summed E-state index contributed by atoms with van der Waals surface area (Å²) < 4.78 is 8.04. The molecule has 6 heterocycles. The van der Waals surface area contributed by atoms with Crippen LogP contribution < -0.4 is 16.4 Å². The van der Waals surface area contributed by atoms with Crippen molar-refractivity contribution in [3.8, 4) is 28.2 Å². The fourth-order valence-corrected chi connectivity index (χ4v) is 14.9. The maximum atomic E-state index is 2.80. The molecule has 364 valence electrons. The summed E-state index contributed by atoms with van der Waals surface area (Å²) in [5.74, 6) is 0. The zero-order valence-electron chi connectivity index (χ0n) is 45.4. The third-order valence-corrected chi connectivity index (χ3v) is 18.6. The van der Waals surface area contributed by atoms with Crippen molar-refractivity contribution in [1.82, 2.24) is 13.7 Å². The molecule has 1 spiro atoms. The summed E-state index contributed by atoms with van der Waals surface area (Å²) in [7, 11) is 0. The van der Waals surface area contributed by atoms with Gasteiger partial charge in [-0.2, -0.15) is 0 Å². The number of hydrogen-bond donors (Lipinski definition) is 0. The van der Waals surface area contributed by atoms with Crippen LogP contribution in [-0.2, 0) is 27.1 Å². The number of benzene rings is 9. The maximum Gasteiger partial charge on any atom is 0.252 e. The molecule has 9 aromatic carbocycles. The van der Waals surface area contributed by atoms with Gasteiger partial charge in [0.15, 0.2) is 0 Å². The fourth-order valence-electron chi connectivity index (χ4n) is 14.9. The number of hydrogen-bond acceptors (Lipinski definition) is 0. The highest BCUT2D eigenvalue weighted by molar-refractivity contribution is 7.00. The van der Waals surface area contributed by atoms with Crippen LogP contribution in [-0.4, -0.2) is 20.4 Å². The van der Waals surface area contributed by atoms with Gasteiger partial charge in [0.1, 0.15) is 0 Å². The smallest absolute Gasteiger partial charge is 0.252 e. The van der Waals surface area contributed by atoms with Crippen LogP contribution in [0.25, 0.3) is 93.6 Å². The predicted molar refractivity (Wildman–Crippen MR) is 320 cm³/mol. The second-order valence-electron chi connectivity index (χ2n) is 26.9. The quantitative estimate of drug-likeness (QED) is 0.146. The van der Waals surface area contributed by atoms with Gasteiger partial charge in [-0.05, 0) is 142 Å². The van der Waals surface area contributed by atoms with Crippen LogP contribution in [0.3, 0.4) is 0 Å². The molecule has 4 heteroatoms. The van der Waals surface area contributed by atoms with Gasteiger partial charge in [0.25, 0.3) is 6.71 Å². The summed E-state index contributed by atoms with van der Waals surface area (Å²) in [6, 6.07) is 62.8. The Balaban J connectivity index is 1.18. The topological polar surface area (TPSA) is 14.8 Å². The highest BCUT2D eigenvalue weighted by atomic mass is 15.1. The Kier molecular flexibility index (Phi) is 7.97. The molecular formula is C71H62BN3. The molecule has 12 aromatic rings. The van der Waals surface area contributed by atoms with E-state index in [0.717, 1.165) is 0 Å². The van der Waals surface area contributed by atoms with E-state index in [9.17, 15) is 0 Å². The Morgan fingerprint density at radius 1 is 0.360 bits per heavy atom. The van der Waals surface area contributed by atoms with Crippen molar-refractivity contribution in [2.75, 3.05) is 0 Å². The first-order chi connectivity index (χ1) is 35.8. The molecule has 1 aliphatic carbocycles. The van der Waals surface area contributed by atoms with E-state index in [1.807, 2.05) is 0 Å². The van der Waals surface area contributed by atoms with Gasteiger partial charge in [-0.1, -0.05) is 192 Å². The zero-order chi connectivity index (χ0) is 51.4. The fraction of sp³-hybridized carbons (Fsp3) is 0.239. The Morgan fingerprint density at radius 2 is 0.880 bits per heavy atom. The van der Waals surface area contributed by atoms with Crippen molar-refractivity contribution in [2.45, 2.75) is 110 Å². The van der Waals surface area contributed by atoms with Gasteiger partial charge in [0.05, 0.1) is 33.0 Å². The van der Waals surface area contributed by atoms with E-state index in [-0.39, 0.29) is 28.4 Å². The van der Waals surface area contributed by atoms with E-state index < -0.39 is 5.41 Å². The van der Waals surface area contributed by atoms with Gasteiger partial charge in [-0.3, -0.25) is 0 Å². The molecule has 3 nitrogen and oxygen atoms in total. The van der Waals surface area contributed by atoms with Crippen molar-refractivity contribution < 1.29 is 0 Å². The van der Waals surface area contributed by atoms with Gasteiger partial charge < -0.3 is 13.7 Å². The molecule has 0 saturated heterocycles. The third-order valence-electron chi connectivity index (χ3n) is 18.6. The van der Waals surface area contributed by atoms with Crippen LogP contribution in [0.15, 0.2) is 158 Å². The van der Waals surface area contributed by atoms with Crippen LogP contribution in [0.1, 0.15) is 128 Å². The predicted octanol–water partition coefficient (Wildman–Crippen LogP) is 16.0. The minimum absolute atomic E-state index is 0.0506. The average Bonchev–Trinajstić information content (AvgIpc) is 4.14. The molecule has 0 fully saturated rings. The molecule has 0 bridgehead atoms. The molecule has 0 N–H and O–H groups in total. The first-order valence-corrected chi connectivity index (χ1v) is 27.5. The maximum absolute atomic E-state index is 2.80. The van der Waals surface area contributed by atoms with Crippen LogP contribution in [0, 0.1) is 0 Å². The minimum atomic E-state index is -0.617. The van der Waals surface area contributed by atoms with Crippen LogP contribution in [0.5, 0.6) is 0 Å². The second-order valence-corrected chi connectivity index (χ2v) is 26.9. The van der Waals surface area contributed by atoms with Gasteiger partial charge >= 0.3 is 0 Å². The van der Waals surface area contributed by atoms with Crippen molar-refractivity contribution >= 4 is 88.5 Å². The molecule has 0 atom stereocenters. The lowest BCUT2D eigenvalue weighted by Crippen LogP contribution is -2.60. The molecule has 3 aromatic heterocycles. The van der Waals surface area contributed by atoms with E-state index in [2.05, 4.69) is 255 Å². The molecular weight excluding hydrogens is 906 g/mol. The van der Waals surface area contributed by atoms with Gasteiger partial charge in [0, 0.05) is 54.9 Å². The minimum Gasteiger partial charge on any atom is -0.310 e. The first-order valence-electron chi connectivity index (χ1n) is 27.5. The van der Waals surface area contributed by atoms with Crippen LogP contribution >= 0.6 is 0 Å². The van der Waals surface area contributed by atoms with Crippen molar-refractivity contribution in [3.63, 3.8) is 0 Å². The normalized spacial score (nSPS) is 15.0. The monoisotopic (exact) mass is 968 g/mol. The molecule has 0 saturated carbocycles. The number of para-hydroxylation sites is 3. The highest BCUT2D eigenvalue weighted by Crippen LogP contribution is 2.63. The standard InChI is InChI=1S/C71H62BN3/c1-67(2,3)39-26-28-44-45-29-27-40(68(4,5)6)35-52(45)71(51(44)34-39)50-30-31-58-62-65(50)75-63-48(32-41(36-53(63)71)69(7,8)9)49-33-42(70(10,11)12)37-54(64(49)75)72(62)55-38-59-60(61-47-23-17-19-25-57(47)74(58)66(55)61)46-22-16-18-24-56(46)73(59)43-20-14-13-15-21-43/h13-38H,1-12H3. The number of fused-ring (bicyclic) bond motifs is 18. The lowest BCUT2D eigenvalue weighted by molar-refractivity contribution is 0.583. The number of rotatable bonds is 1.